The van der Waals surface area contributed by atoms with Crippen LogP contribution in [0.5, 0.6) is 0 Å². The lowest BCUT2D eigenvalue weighted by Crippen LogP contribution is -2.60. The van der Waals surface area contributed by atoms with E-state index in [1.54, 1.807) is 39.8 Å². The second-order valence-electron chi connectivity index (χ2n) is 12.0. The highest BCUT2D eigenvalue weighted by molar-refractivity contribution is 5.97. The van der Waals surface area contributed by atoms with Crippen LogP contribution in [0.4, 0.5) is 0 Å². The Labute approximate surface area is 266 Å². The van der Waals surface area contributed by atoms with Crippen LogP contribution in [0.3, 0.4) is 0 Å². The Morgan fingerprint density at radius 3 is 2.00 bits per heavy atom. The quantitative estimate of drug-likeness (QED) is 0.138. The van der Waals surface area contributed by atoms with Crippen molar-refractivity contribution >= 4 is 47.8 Å². The summed E-state index contributed by atoms with van der Waals surface area (Å²) in [6, 6.07) is -1.30. The largest absolute Gasteiger partial charge is 0.481 e. The van der Waals surface area contributed by atoms with Crippen LogP contribution in [0.1, 0.15) is 70.2 Å². The Kier molecular flexibility index (Phi) is 13.4. The number of hydrogen-bond acceptors (Lipinski definition) is 8. The summed E-state index contributed by atoms with van der Waals surface area (Å²) in [6.07, 6.45) is -0.840. The van der Waals surface area contributed by atoms with E-state index in [2.05, 4.69) is 21.3 Å². The van der Waals surface area contributed by atoms with Gasteiger partial charge < -0.3 is 41.2 Å². The number of amides is 5. The summed E-state index contributed by atoms with van der Waals surface area (Å²) in [6.45, 7) is 9.68. The molecule has 1 heterocycles. The predicted molar refractivity (Wildman–Crippen MR) is 163 cm³/mol. The van der Waals surface area contributed by atoms with E-state index in [9.17, 15) is 43.5 Å². The smallest absolute Gasteiger partial charge is 0.305 e. The predicted octanol–water partition coefficient (Wildman–Crippen LogP) is -0.160. The van der Waals surface area contributed by atoms with Crippen LogP contribution in [0.15, 0.2) is 18.2 Å². The fraction of sp³-hybridized carbons (Fsp3) is 0.548. The number of carboxylic acid groups (broad SMARTS) is 2. The Morgan fingerprint density at radius 1 is 0.870 bits per heavy atom. The highest BCUT2D eigenvalue weighted by atomic mass is 16.4. The molecule has 2 rings (SSSR count). The van der Waals surface area contributed by atoms with Gasteiger partial charge in [0.2, 0.25) is 29.5 Å². The molecule has 5 atom stereocenters. The zero-order valence-corrected chi connectivity index (χ0v) is 26.8. The van der Waals surface area contributed by atoms with Crippen molar-refractivity contribution in [2.75, 3.05) is 6.54 Å². The molecule has 46 heavy (non-hydrogen) atoms. The summed E-state index contributed by atoms with van der Waals surface area (Å²) in [5.74, 6) is -7.42. The number of hydrogen-bond donors (Lipinski definition) is 6. The van der Waals surface area contributed by atoms with Gasteiger partial charge >= 0.3 is 11.9 Å². The second-order valence-corrected chi connectivity index (χ2v) is 12.0. The summed E-state index contributed by atoms with van der Waals surface area (Å²) in [5.41, 5.74) is 2.15. The molecule has 0 radical (unpaired) electrons. The third-order valence-corrected chi connectivity index (χ3v) is 7.49. The monoisotopic (exact) mass is 645 g/mol. The number of carbonyl (C=O) groups excluding carboxylic acids is 6. The van der Waals surface area contributed by atoms with Gasteiger partial charge in [0.05, 0.1) is 18.9 Å². The minimum atomic E-state index is -1.61. The van der Waals surface area contributed by atoms with Crippen molar-refractivity contribution in [1.82, 2.24) is 26.2 Å². The zero-order valence-electron chi connectivity index (χ0n) is 26.8. The lowest BCUT2D eigenvalue weighted by molar-refractivity contribution is -0.147. The molecule has 1 aliphatic rings. The molecule has 0 spiro atoms. The molecule has 0 saturated carbocycles. The van der Waals surface area contributed by atoms with Crippen LogP contribution in [-0.4, -0.2) is 93.6 Å². The van der Waals surface area contributed by atoms with E-state index in [0.717, 1.165) is 11.1 Å². The topological polar surface area (TPSA) is 228 Å². The van der Waals surface area contributed by atoms with E-state index in [1.165, 1.54) is 11.8 Å². The summed E-state index contributed by atoms with van der Waals surface area (Å²) in [4.78, 5) is 101. The molecule has 1 aromatic carbocycles. The number of aldehydes is 1. The molecular formula is C31H43N5O10. The second kappa shape index (κ2) is 16.5. The Hall–Kier alpha value is -4.82. The molecule has 0 saturated heterocycles. The van der Waals surface area contributed by atoms with Crippen LogP contribution in [-0.2, 0) is 44.8 Å². The molecule has 5 amide bonds. The van der Waals surface area contributed by atoms with Crippen LogP contribution in [0.25, 0.3) is 0 Å². The summed E-state index contributed by atoms with van der Waals surface area (Å²) in [7, 11) is 0. The van der Waals surface area contributed by atoms with Crippen molar-refractivity contribution in [2.45, 2.75) is 91.0 Å². The van der Waals surface area contributed by atoms with E-state index in [4.69, 9.17) is 5.11 Å². The van der Waals surface area contributed by atoms with E-state index in [1.807, 2.05) is 13.0 Å². The van der Waals surface area contributed by atoms with Crippen molar-refractivity contribution in [3.8, 4) is 0 Å². The number of aliphatic carboxylic acids is 2. The highest BCUT2D eigenvalue weighted by Crippen LogP contribution is 2.32. The molecule has 0 aromatic heterocycles. The maximum absolute atomic E-state index is 14.1. The molecule has 0 unspecified atom stereocenters. The van der Waals surface area contributed by atoms with E-state index < -0.39 is 96.4 Å². The summed E-state index contributed by atoms with van der Waals surface area (Å²) in [5, 5.41) is 28.4. The summed E-state index contributed by atoms with van der Waals surface area (Å²) < 4.78 is 0. The van der Waals surface area contributed by atoms with E-state index >= 15 is 0 Å². The third kappa shape index (κ3) is 10.1. The third-order valence-electron chi connectivity index (χ3n) is 7.49. The molecule has 0 bridgehead atoms. The van der Waals surface area contributed by atoms with Gasteiger partial charge in [-0.25, -0.2) is 0 Å². The van der Waals surface area contributed by atoms with E-state index in [-0.39, 0.29) is 6.54 Å². The van der Waals surface area contributed by atoms with Crippen molar-refractivity contribution in [2.24, 2.45) is 11.8 Å². The van der Waals surface area contributed by atoms with Gasteiger partial charge in [-0.3, -0.25) is 33.6 Å². The fourth-order valence-corrected chi connectivity index (χ4v) is 5.20. The Morgan fingerprint density at radius 2 is 1.48 bits per heavy atom. The van der Waals surface area contributed by atoms with Gasteiger partial charge in [0.1, 0.15) is 30.5 Å². The van der Waals surface area contributed by atoms with Crippen molar-refractivity contribution in [1.29, 1.82) is 0 Å². The minimum absolute atomic E-state index is 0.0409. The first-order valence-corrected chi connectivity index (χ1v) is 14.9. The number of aryl methyl sites for hydroxylation is 1. The highest BCUT2D eigenvalue weighted by Gasteiger charge is 2.41. The SMILES string of the molecule is CC(=O)N[C@H](C(=O)N[C@@H](CC(=O)O)C(=O)N[C@H](C(=O)N1CCc2cc(C)ccc2[C@H]1C(=O)N[C@H](C=O)CC(=O)O)C(C)C)C(C)C. The van der Waals surface area contributed by atoms with Crippen LogP contribution < -0.4 is 21.3 Å². The van der Waals surface area contributed by atoms with Gasteiger partial charge in [0.15, 0.2) is 0 Å². The zero-order chi connectivity index (χ0) is 34.9. The van der Waals surface area contributed by atoms with Gasteiger partial charge in [-0.15, -0.1) is 0 Å². The van der Waals surface area contributed by atoms with Gasteiger partial charge in [-0.2, -0.15) is 0 Å². The Bertz CT molecular complexity index is 1360. The number of nitrogens with zero attached hydrogens (tertiary/aromatic N) is 1. The van der Waals surface area contributed by atoms with E-state index in [0.29, 0.717) is 18.3 Å². The van der Waals surface area contributed by atoms with Crippen molar-refractivity contribution in [3.63, 3.8) is 0 Å². The maximum Gasteiger partial charge on any atom is 0.305 e. The van der Waals surface area contributed by atoms with Crippen molar-refractivity contribution < 1.29 is 48.6 Å². The fourth-order valence-electron chi connectivity index (χ4n) is 5.20. The van der Waals surface area contributed by atoms with Crippen molar-refractivity contribution in [3.05, 3.63) is 34.9 Å². The van der Waals surface area contributed by atoms with Gasteiger partial charge in [-0.1, -0.05) is 51.5 Å². The number of nitrogens with one attached hydrogen (secondary N) is 4. The standard InChI is InChI=1S/C31H43N5O10/c1-15(2)25(32-18(6)38)29(44)34-22(13-24(41)42)28(43)35-26(16(3)4)31(46)36-10-9-19-11-17(5)7-8-21(19)27(36)30(45)33-20(14-37)12-23(39)40/h7-8,11,14-16,20,22,25-27H,9-10,12-13H2,1-6H3,(H,32,38)(H,33,45)(H,34,44)(H,35,43)(H,39,40)(H,41,42)/t20-,22-,25-,26-,27-/m0/s1. The molecule has 1 aliphatic heterocycles. The molecule has 6 N–H and O–H groups in total. The van der Waals surface area contributed by atoms with Crippen LogP contribution in [0, 0.1) is 18.8 Å². The van der Waals surface area contributed by atoms with Gasteiger partial charge in [-0.05, 0) is 36.3 Å². The number of carboxylic acids is 2. The van der Waals surface area contributed by atoms with Crippen LogP contribution in [0.2, 0.25) is 0 Å². The Balaban J connectivity index is 2.43. The average molecular weight is 646 g/mol. The van der Waals surface area contributed by atoms with Crippen LogP contribution >= 0.6 is 0 Å². The van der Waals surface area contributed by atoms with Gasteiger partial charge in [0, 0.05) is 13.5 Å². The minimum Gasteiger partial charge on any atom is -0.481 e. The first-order chi connectivity index (χ1) is 21.5. The molecule has 0 aliphatic carbocycles. The first-order valence-electron chi connectivity index (χ1n) is 14.9. The number of rotatable bonds is 15. The number of benzene rings is 1. The molecule has 252 valence electrons. The molecule has 15 heteroatoms. The van der Waals surface area contributed by atoms with Gasteiger partial charge in [0.25, 0.3) is 0 Å². The molecule has 0 fully saturated rings. The first kappa shape index (κ1) is 37.4. The maximum atomic E-state index is 14.1. The number of fused-ring (bicyclic) bond motifs is 1. The lowest BCUT2D eigenvalue weighted by Gasteiger charge is -2.39. The normalized spacial score (nSPS) is 16.7. The lowest BCUT2D eigenvalue weighted by atomic mass is 9.89. The molecule has 15 nitrogen and oxygen atoms in total. The summed E-state index contributed by atoms with van der Waals surface area (Å²) >= 11 is 0. The average Bonchev–Trinajstić information content (AvgIpc) is 2.95. The number of carbonyl (C=O) groups is 8. The molecular weight excluding hydrogens is 602 g/mol. The molecule has 1 aromatic rings.